The molecule has 0 unspecified atom stereocenters. The molecule has 86 valence electrons. The van der Waals surface area contributed by atoms with Crippen LogP contribution in [0.2, 0.25) is 5.15 Å². The fraction of sp³-hybridized carbons (Fsp3) is 0.750. The highest BCUT2D eigenvalue weighted by Crippen LogP contribution is 2.20. The van der Waals surface area contributed by atoms with Crippen LogP contribution in [0, 0.1) is 0 Å². The first kappa shape index (κ1) is 12.6. The van der Waals surface area contributed by atoms with Crippen LogP contribution in [0.4, 0.5) is 0 Å². The minimum Gasteiger partial charge on any atom is -0.472 e. The lowest BCUT2D eigenvalue weighted by Gasteiger charge is -2.13. The standard InChI is InChI=1S/C8H14ClN3O2S/c1-5(2)10-3-6(13)4-14-8-7(9)11-15-12-8/h5-6,10,13H,3-4H2,1-2H3/t6-/m0/s1. The summed E-state index contributed by atoms with van der Waals surface area (Å²) in [7, 11) is 0. The first-order valence-corrected chi connectivity index (χ1v) is 5.72. The second kappa shape index (κ2) is 6.22. The Bertz CT molecular complexity index is 295. The lowest BCUT2D eigenvalue weighted by molar-refractivity contribution is 0.103. The van der Waals surface area contributed by atoms with Gasteiger partial charge in [-0.05, 0) is 0 Å². The van der Waals surface area contributed by atoms with Gasteiger partial charge < -0.3 is 15.2 Å². The summed E-state index contributed by atoms with van der Waals surface area (Å²) < 4.78 is 12.8. The number of hydrogen-bond donors (Lipinski definition) is 2. The predicted molar refractivity (Wildman–Crippen MR) is 59.6 cm³/mol. The summed E-state index contributed by atoms with van der Waals surface area (Å²) in [6.45, 7) is 4.65. The van der Waals surface area contributed by atoms with E-state index in [2.05, 4.69) is 14.1 Å². The molecule has 0 aliphatic heterocycles. The zero-order valence-corrected chi connectivity index (χ0v) is 10.2. The van der Waals surface area contributed by atoms with Gasteiger partial charge in [-0.15, -0.1) is 4.37 Å². The number of nitrogens with one attached hydrogen (secondary N) is 1. The Hall–Kier alpha value is -0.430. The summed E-state index contributed by atoms with van der Waals surface area (Å²) >= 11 is 6.65. The third-order valence-electron chi connectivity index (χ3n) is 1.60. The summed E-state index contributed by atoms with van der Waals surface area (Å²) in [6, 6.07) is 0.337. The van der Waals surface area contributed by atoms with E-state index in [9.17, 15) is 5.11 Å². The topological polar surface area (TPSA) is 67.3 Å². The van der Waals surface area contributed by atoms with Crippen LogP contribution in [0.3, 0.4) is 0 Å². The smallest absolute Gasteiger partial charge is 0.265 e. The first-order valence-electron chi connectivity index (χ1n) is 4.62. The molecule has 2 N–H and O–H groups in total. The number of hydrogen-bond acceptors (Lipinski definition) is 6. The minimum absolute atomic E-state index is 0.158. The van der Waals surface area contributed by atoms with Crippen LogP contribution in [0.1, 0.15) is 13.8 Å². The normalized spacial score (nSPS) is 13.1. The highest BCUT2D eigenvalue weighted by Gasteiger charge is 2.10. The van der Waals surface area contributed by atoms with Crippen molar-refractivity contribution < 1.29 is 9.84 Å². The summed E-state index contributed by atoms with van der Waals surface area (Å²) in [5.41, 5.74) is 0. The monoisotopic (exact) mass is 251 g/mol. The van der Waals surface area contributed by atoms with Crippen LogP contribution in [0.5, 0.6) is 5.88 Å². The van der Waals surface area contributed by atoms with Crippen molar-refractivity contribution in [3.05, 3.63) is 5.15 Å². The van der Waals surface area contributed by atoms with E-state index in [1.807, 2.05) is 13.8 Å². The highest BCUT2D eigenvalue weighted by atomic mass is 35.5. The Morgan fingerprint density at radius 3 is 2.80 bits per heavy atom. The number of aromatic nitrogens is 2. The van der Waals surface area contributed by atoms with Crippen molar-refractivity contribution in [2.24, 2.45) is 0 Å². The fourth-order valence-electron chi connectivity index (χ4n) is 0.862. The molecule has 7 heteroatoms. The number of aliphatic hydroxyl groups excluding tert-OH is 1. The number of rotatable bonds is 6. The molecule has 0 bridgehead atoms. The zero-order valence-electron chi connectivity index (χ0n) is 8.61. The van der Waals surface area contributed by atoms with Gasteiger partial charge in [0.1, 0.15) is 12.7 Å². The van der Waals surface area contributed by atoms with E-state index >= 15 is 0 Å². The van der Waals surface area contributed by atoms with E-state index in [-0.39, 0.29) is 17.6 Å². The van der Waals surface area contributed by atoms with E-state index in [1.54, 1.807) is 0 Å². The molecule has 1 atom stereocenters. The van der Waals surface area contributed by atoms with Gasteiger partial charge in [0.2, 0.25) is 5.15 Å². The molecule has 1 rings (SSSR count). The maximum Gasteiger partial charge on any atom is 0.265 e. The van der Waals surface area contributed by atoms with Gasteiger partial charge in [-0.2, -0.15) is 4.37 Å². The third-order valence-corrected chi connectivity index (χ3v) is 2.45. The van der Waals surface area contributed by atoms with Crippen LogP contribution in [-0.4, -0.2) is 39.2 Å². The van der Waals surface area contributed by atoms with Gasteiger partial charge in [0.15, 0.2) is 0 Å². The molecular formula is C8H14ClN3O2S. The van der Waals surface area contributed by atoms with Gasteiger partial charge in [0.25, 0.3) is 5.88 Å². The van der Waals surface area contributed by atoms with E-state index in [1.165, 1.54) is 0 Å². The molecule has 1 heterocycles. The highest BCUT2D eigenvalue weighted by molar-refractivity contribution is 6.99. The SMILES string of the molecule is CC(C)NC[C@H](O)COc1nsnc1Cl. The Kier molecular flexibility index (Phi) is 5.24. The maximum atomic E-state index is 9.51. The van der Waals surface area contributed by atoms with Crippen molar-refractivity contribution in [3.8, 4) is 5.88 Å². The van der Waals surface area contributed by atoms with Gasteiger partial charge in [-0.25, -0.2) is 0 Å². The minimum atomic E-state index is -0.579. The number of nitrogens with zero attached hydrogens (tertiary/aromatic N) is 2. The molecule has 0 amide bonds. The number of ether oxygens (including phenoxy) is 1. The lowest BCUT2D eigenvalue weighted by atomic mass is 10.3. The molecule has 1 aromatic rings. The molecule has 0 aliphatic carbocycles. The van der Waals surface area contributed by atoms with Crippen molar-refractivity contribution in [2.45, 2.75) is 26.0 Å². The molecule has 0 saturated carbocycles. The molecular weight excluding hydrogens is 238 g/mol. The van der Waals surface area contributed by atoms with Gasteiger partial charge in [-0.1, -0.05) is 25.4 Å². The van der Waals surface area contributed by atoms with Crippen molar-refractivity contribution in [1.82, 2.24) is 14.1 Å². The summed E-state index contributed by atoms with van der Waals surface area (Å²) in [6.07, 6.45) is -0.579. The second-order valence-electron chi connectivity index (χ2n) is 3.39. The molecule has 15 heavy (non-hydrogen) atoms. The van der Waals surface area contributed by atoms with Gasteiger partial charge in [0.05, 0.1) is 11.7 Å². The molecule has 0 fully saturated rings. The van der Waals surface area contributed by atoms with Crippen LogP contribution in [0.25, 0.3) is 0 Å². The van der Waals surface area contributed by atoms with E-state index < -0.39 is 6.10 Å². The van der Waals surface area contributed by atoms with Crippen molar-refractivity contribution in [1.29, 1.82) is 0 Å². The third kappa shape index (κ3) is 4.74. The summed E-state index contributed by atoms with van der Waals surface area (Å²) in [4.78, 5) is 0. The molecule has 1 aromatic heterocycles. The van der Waals surface area contributed by atoms with Gasteiger partial charge >= 0.3 is 0 Å². The van der Waals surface area contributed by atoms with Gasteiger partial charge in [0, 0.05) is 12.6 Å². The lowest BCUT2D eigenvalue weighted by Crippen LogP contribution is -2.35. The summed E-state index contributed by atoms with van der Waals surface area (Å²) in [5.74, 6) is 0.283. The van der Waals surface area contributed by atoms with Crippen LogP contribution in [0.15, 0.2) is 0 Å². The maximum absolute atomic E-state index is 9.51. The molecule has 0 aliphatic rings. The van der Waals surface area contributed by atoms with E-state index in [0.717, 1.165) is 11.7 Å². The Morgan fingerprint density at radius 1 is 1.53 bits per heavy atom. The second-order valence-corrected chi connectivity index (χ2v) is 4.27. The Morgan fingerprint density at radius 2 is 2.27 bits per heavy atom. The number of halogens is 1. The fourth-order valence-corrected chi connectivity index (χ4v) is 1.51. The van der Waals surface area contributed by atoms with Crippen molar-refractivity contribution >= 4 is 23.3 Å². The van der Waals surface area contributed by atoms with Crippen molar-refractivity contribution in [3.63, 3.8) is 0 Å². The predicted octanol–water partition coefficient (Wildman–Crippen LogP) is 0.929. The zero-order chi connectivity index (χ0) is 11.3. The molecule has 0 spiro atoms. The molecule has 0 radical (unpaired) electrons. The number of aliphatic hydroxyl groups is 1. The van der Waals surface area contributed by atoms with Crippen LogP contribution >= 0.6 is 23.3 Å². The van der Waals surface area contributed by atoms with Gasteiger partial charge in [-0.3, -0.25) is 0 Å². The molecule has 0 saturated heterocycles. The quantitative estimate of drug-likeness (QED) is 0.787. The van der Waals surface area contributed by atoms with Crippen molar-refractivity contribution in [2.75, 3.05) is 13.2 Å². The van der Waals surface area contributed by atoms with E-state index in [0.29, 0.717) is 12.6 Å². The molecule has 5 nitrogen and oxygen atoms in total. The first-order chi connectivity index (χ1) is 7.09. The largest absolute Gasteiger partial charge is 0.472 e. The Balaban J connectivity index is 2.22. The van der Waals surface area contributed by atoms with Crippen LogP contribution in [-0.2, 0) is 0 Å². The van der Waals surface area contributed by atoms with E-state index in [4.69, 9.17) is 16.3 Å². The average molecular weight is 252 g/mol. The molecule has 0 aromatic carbocycles. The summed E-state index contributed by atoms with van der Waals surface area (Å²) in [5, 5.41) is 12.8. The van der Waals surface area contributed by atoms with Crippen LogP contribution < -0.4 is 10.1 Å². The average Bonchev–Trinajstić information content (AvgIpc) is 2.58. The Labute approximate surface area is 97.7 Å².